The maximum atomic E-state index is 13.9. The second-order valence-corrected chi connectivity index (χ2v) is 9.94. The van der Waals surface area contributed by atoms with Crippen LogP contribution in [0, 0.1) is 5.92 Å². The summed E-state index contributed by atoms with van der Waals surface area (Å²) in [6, 6.07) is 31.1. The fraction of sp³-hybridized carbons (Fsp3) is 0.188. The maximum absolute atomic E-state index is 13.9. The summed E-state index contributed by atoms with van der Waals surface area (Å²) in [7, 11) is 0. The van der Waals surface area contributed by atoms with Crippen LogP contribution in [0.15, 0.2) is 103 Å². The predicted octanol–water partition coefficient (Wildman–Crippen LogP) is 6.37. The number of nitrogens with zero attached hydrogens (tertiary/aromatic N) is 2. The van der Waals surface area contributed by atoms with E-state index in [1.165, 1.54) is 0 Å². The van der Waals surface area contributed by atoms with Crippen molar-refractivity contribution in [3.63, 3.8) is 0 Å². The topological polar surface area (TPSA) is 68.3 Å². The number of anilines is 2. The number of halogens is 1. The summed E-state index contributed by atoms with van der Waals surface area (Å²) in [4.78, 5) is 34.9. The third kappa shape index (κ3) is 4.68. The summed E-state index contributed by atoms with van der Waals surface area (Å²) < 4.78 is 12.1. The van der Waals surface area contributed by atoms with Crippen LogP contribution in [-0.2, 0) is 21.0 Å². The maximum Gasteiger partial charge on any atom is 0.266 e. The number of imide groups is 1. The van der Waals surface area contributed by atoms with Gasteiger partial charge in [-0.3, -0.25) is 14.4 Å². The lowest BCUT2D eigenvalue weighted by molar-refractivity contribution is -0.126. The van der Waals surface area contributed by atoms with Gasteiger partial charge in [0.25, 0.3) is 5.91 Å². The monoisotopic (exact) mass is 554 g/mol. The SMILES string of the molecule is CCOc1cc([C@@H]2[C@@H]3C(=O)N(c4ccccc4Cl)C(=O)[C@@H]3ON2c2ccccc2)ccc1OCc1ccccc1. The Kier molecular flexibility index (Phi) is 7.15. The Hall–Kier alpha value is -4.33. The molecule has 2 fully saturated rings. The molecule has 7 nitrogen and oxygen atoms in total. The van der Waals surface area contributed by atoms with Crippen molar-refractivity contribution in [2.75, 3.05) is 16.6 Å². The van der Waals surface area contributed by atoms with Crippen molar-refractivity contribution >= 4 is 34.8 Å². The van der Waals surface area contributed by atoms with Gasteiger partial charge in [0, 0.05) is 0 Å². The molecule has 6 rings (SSSR count). The molecule has 0 radical (unpaired) electrons. The van der Waals surface area contributed by atoms with E-state index >= 15 is 0 Å². The van der Waals surface area contributed by atoms with E-state index in [0.29, 0.717) is 35.4 Å². The van der Waals surface area contributed by atoms with E-state index in [1.54, 1.807) is 29.3 Å². The lowest BCUT2D eigenvalue weighted by Crippen LogP contribution is -2.37. The minimum atomic E-state index is -1.00. The van der Waals surface area contributed by atoms with E-state index in [9.17, 15) is 9.59 Å². The summed E-state index contributed by atoms with van der Waals surface area (Å²) in [5, 5.41) is 1.98. The van der Waals surface area contributed by atoms with Crippen LogP contribution >= 0.6 is 11.6 Å². The molecule has 202 valence electrons. The van der Waals surface area contributed by atoms with Crippen LogP contribution in [0.5, 0.6) is 11.5 Å². The van der Waals surface area contributed by atoms with Gasteiger partial charge in [-0.2, -0.15) is 0 Å². The van der Waals surface area contributed by atoms with Crippen molar-refractivity contribution < 1.29 is 23.9 Å². The standard InChI is InChI=1S/C32H27ClN2O5/c1-2-38-27-19-22(17-18-26(27)39-20-21-11-5-3-6-12-21)29-28-30(40-35(29)23-13-7-4-8-14-23)32(37)34(31(28)36)25-16-10-9-15-24(25)33/h3-19,28-30H,2,20H2,1H3/t28-,29+,30+/m0/s1. The van der Waals surface area contributed by atoms with Crippen molar-refractivity contribution in [1.29, 1.82) is 0 Å². The second-order valence-electron chi connectivity index (χ2n) is 9.53. The molecular weight excluding hydrogens is 528 g/mol. The second kappa shape index (κ2) is 11.0. The number of rotatable bonds is 8. The van der Waals surface area contributed by atoms with E-state index in [2.05, 4.69) is 0 Å². The largest absolute Gasteiger partial charge is 0.490 e. The van der Waals surface area contributed by atoms with Crippen molar-refractivity contribution in [1.82, 2.24) is 0 Å². The Bertz CT molecular complexity index is 1530. The molecule has 0 bridgehead atoms. The third-order valence-electron chi connectivity index (χ3n) is 7.07. The zero-order valence-corrected chi connectivity index (χ0v) is 22.5. The number of carbonyl (C=O) groups is 2. The number of fused-ring (bicyclic) bond motifs is 1. The summed E-state index contributed by atoms with van der Waals surface area (Å²) >= 11 is 6.39. The van der Waals surface area contributed by atoms with Crippen molar-refractivity contribution in [3.8, 4) is 11.5 Å². The normalized spacial score (nSPS) is 20.1. The molecule has 0 N–H and O–H groups in total. The summed E-state index contributed by atoms with van der Waals surface area (Å²) in [6.07, 6.45) is -1.00. The first kappa shape index (κ1) is 25.9. The fourth-order valence-electron chi connectivity index (χ4n) is 5.25. The highest BCUT2D eigenvalue weighted by Crippen LogP contribution is 2.49. The molecule has 2 amide bonds. The number of para-hydroxylation sites is 2. The average molecular weight is 555 g/mol. The fourth-order valence-corrected chi connectivity index (χ4v) is 5.47. The Balaban J connectivity index is 1.38. The molecule has 2 aliphatic rings. The van der Waals surface area contributed by atoms with Gasteiger partial charge < -0.3 is 9.47 Å². The van der Waals surface area contributed by atoms with Crippen molar-refractivity contribution in [3.05, 3.63) is 119 Å². The average Bonchev–Trinajstić information content (AvgIpc) is 3.49. The Morgan fingerprint density at radius 3 is 2.23 bits per heavy atom. The van der Waals surface area contributed by atoms with Crippen LogP contribution in [0.25, 0.3) is 0 Å². The molecule has 0 aromatic heterocycles. The molecular formula is C32H27ClN2O5. The van der Waals surface area contributed by atoms with Gasteiger partial charge in [-0.15, -0.1) is 0 Å². The van der Waals surface area contributed by atoms with Crippen LogP contribution in [0.1, 0.15) is 24.1 Å². The van der Waals surface area contributed by atoms with Gasteiger partial charge in [0.1, 0.15) is 12.5 Å². The van der Waals surface area contributed by atoms with Gasteiger partial charge in [0.15, 0.2) is 17.6 Å². The highest BCUT2D eigenvalue weighted by molar-refractivity contribution is 6.36. The molecule has 4 aromatic carbocycles. The minimum absolute atomic E-state index is 0.319. The zero-order chi connectivity index (χ0) is 27.6. The van der Waals surface area contributed by atoms with Gasteiger partial charge in [-0.1, -0.05) is 78.3 Å². The quantitative estimate of drug-likeness (QED) is 0.236. The molecule has 8 heteroatoms. The molecule has 0 spiro atoms. The highest BCUT2D eigenvalue weighted by Gasteiger charge is 2.60. The van der Waals surface area contributed by atoms with Crippen LogP contribution < -0.4 is 19.4 Å². The van der Waals surface area contributed by atoms with Gasteiger partial charge in [-0.25, -0.2) is 9.96 Å². The minimum Gasteiger partial charge on any atom is -0.490 e. The number of hydrogen-bond donors (Lipinski definition) is 0. The first-order valence-electron chi connectivity index (χ1n) is 13.1. The molecule has 0 saturated carbocycles. The van der Waals surface area contributed by atoms with Crippen LogP contribution in [0.2, 0.25) is 5.02 Å². The lowest BCUT2D eigenvalue weighted by atomic mass is 9.90. The Labute approximate surface area is 237 Å². The first-order valence-corrected chi connectivity index (χ1v) is 13.5. The zero-order valence-electron chi connectivity index (χ0n) is 21.8. The molecule has 2 saturated heterocycles. The highest BCUT2D eigenvalue weighted by atomic mass is 35.5. The predicted molar refractivity (Wildman–Crippen MR) is 152 cm³/mol. The molecule has 0 unspecified atom stereocenters. The van der Waals surface area contributed by atoms with E-state index in [-0.39, 0.29) is 5.91 Å². The van der Waals surface area contributed by atoms with Crippen molar-refractivity contribution in [2.45, 2.75) is 25.7 Å². The number of hydroxylamine groups is 1. The molecule has 2 aliphatic heterocycles. The van der Waals surface area contributed by atoms with E-state index < -0.39 is 24.0 Å². The van der Waals surface area contributed by atoms with Gasteiger partial charge in [0.2, 0.25) is 5.91 Å². The summed E-state index contributed by atoms with van der Waals surface area (Å²) in [5.74, 6) is -0.474. The van der Waals surface area contributed by atoms with Crippen LogP contribution in [0.4, 0.5) is 11.4 Å². The van der Waals surface area contributed by atoms with Crippen LogP contribution in [0.3, 0.4) is 0 Å². The number of amides is 2. The lowest BCUT2D eigenvalue weighted by Gasteiger charge is -2.29. The molecule has 3 atom stereocenters. The molecule has 40 heavy (non-hydrogen) atoms. The number of carbonyl (C=O) groups excluding carboxylic acids is 2. The first-order chi connectivity index (χ1) is 19.6. The van der Waals surface area contributed by atoms with E-state index in [4.69, 9.17) is 25.9 Å². The Morgan fingerprint density at radius 2 is 1.50 bits per heavy atom. The molecule has 2 heterocycles. The van der Waals surface area contributed by atoms with Gasteiger partial charge in [0.05, 0.1) is 29.0 Å². The van der Waals surface area contributed by atoms with Gasteiger partial charge >= 0.3 is 0 Å². The van der Waals surface area contributed by atoms with Crippen molar-refractivity contribution in [2.24, 2.45) is 5.92 Å². The Morgan fingerprint density at radius 1 is 0.800 bits per heavy atom. The number of ether oxygens (including phenoxy) is 2. The van der Waals surface area contributed by atoms with E-state index in [0.717, 1.165) is 21.7 Å². The molecule has 4 aromatic rings. The summed E-state index contributed by atoms with van der Waals surface area (Å²) in [6.45, 7) is 2.71. The van der Waals surface area contributed by atoms with E-state index in [1.807, 2.05) is 85.8 Å². The third-order valence-corrected chi connectivity index (χ3v) is 7.39. The smallest absolute Gasteiger partial charge is 0.266 e. The number of hydrogen-bond acceptors (Lipinski definition) is 6. The van der Waals surface area contributed by atoms with Gasteiger partial charge in [-0.05, 0) is 54.4 Å². The molecule has 0 aliphatic carbocycles. The number of benzene rings is 4. The van der Waals surface area contributed by atoms with Crippen LogP contribution in [-0.4, -0.2) is 24.5 Å². The summed E-state index contributed by atoms with van der Waals surface area (Å²) in [5.41, 5.74) is 2.87.